The second kappa shape index (κ2) is 5.40. The minimum atomic E-state index is -0.453. The van der Waals surface area contributed by atoms with Crippen LogP contribution in [0.1, 0.15) is 11.1 Å². The molecule has 2 nitrogen and oxygen atoms in total. The first kappa shape index (κ1) is 13.5. The van der Waals surface area contributed by atoms with Gasteiger partial charge in [-0.25, -0.2) is 4.39 Å². The van der Waals surface area contributed by atoms with E-state index < -0.39 is 5.82 Å². The van der Waals surface area contributed by atoms with Gasteiger partial charge in [-0.05, 0) is 52.8 Å². The van der Waals surface area contributed by atoms with E-state index in [0.717, 1.165) is 14.7 Å². The molecule has 94 valence electrons. The van der Waals surface area contributed by atoms with Crippen LogP contribution in [0.5, 0.6) is 0 Å². The highest BCUT2D eigenvalue weighted by Gasteiger charge is 2.04. The Hall–Kier alpha value is -0.880. The summed E-state index contributed by atoms with van der Waals surface area (Å²) in [5, 5.41) is 0.0716. The van der Waals surface area contributed by atoms with Gasteiger partial charge in [0.15, 0.2) is 0 Å². The zero-order chi connectivity index (χ0) is 13.3. The third-order valence-corrected chi connectivity index (χ3v) is 4.02. The Morgan fingerprint density at radius 2 is 2.11 bits per heavy atom. The van der Waals surface area contributed by atoms with Crippen molar-refractivity contribution < 1.29 is 4.39 Å². The summed E-state index contributed by atoms with van der Waals surface area (Å²) in [7, 11) is 0. The number of halogens is 3. The van der Waals surface area contributed by atoms with Gasteiger partial charge in [0.1, 0.15) is 5.82 Å². The number of pyridine rings is 1. The van der Waals surface area contributed by atoms with E-state index in [1.54, 1.807) is 22.9 Å². The number of hydrogen-bond donors (Lipinski definition) is 0. The SMILES string of the molecule is Cc1cc(=O)n(Cc2ccc(F)c(Cl)c2)cc1I. The molecule has 0 unspecified atom stereocenters. The van der Waals surface area contributed by atoms with Crippen LogP contribution in [0.3, 0.4) is 0 Å². The summed E-state index contributed by atoms with van der Waals surface area (Å²) in [6, 6.07) is 6.06. The van der Waals surface area contributed by atoms with E-state index in [9.17, 15) is 9.18 Å². The molecule has 5 heteroatoms. The van der Waals surface area contributed by atoms with Gasteiger partial charge in [-0.1, -0.05) is 17.7 Å². The van der Waals surface area contributed by atoms with Crippen molar-refractivity contribution >= 4 is 34.2 Å². The highest BCUT2D eigenvalue weighted by atomic mass is 127. The van der Waals surface area contributed by atoms with Gasteiger partial charge in [0, 0.05) is 15.8 Å². The van der Waals surface area contributed by atoms with Crippen LogP contribution in [-0.2, 0) is 6.54 Å². The molecule has 0 aliphatic carbocycles. The maximum atomic E-state index is 13.0. The Kier molecular flexibility index (Phi) is 4.07. The van der Waals surface area contributed by atoms with Crippen LogP contribution in [0.15, 0.2) is 35.3 Å². The first-order valence-corrected chi connectivity index (χ1v) is 6.73. The fourth-order valence-corrected chi connectivity index (χ4v) is 2.29. The predicted molar refractivity (Wildman–Crippen MR) is 78.7 cm³/mol. The normalized spacial score (nSPS) is 10.7. The van der Waals surface area contributed by atoms with Crippen LogP contribution in [0.25, 0.3) is 0 Å². The van der Waals surface area contributed by atoms with Gasteiger partial charge in [-0.15, -0.1) is 0 Å². The molecule has 1 heterocycles. The van der Waals surface area contributed by atoms with Gasteiger partial charge in [-0.2, -0.15) is 0 Å². The Balaban J connectivity index is 2.37. The first-order chi connectivity index (χ1) is 8.47. The summed E-state index contributed by atoms with van der Waals surface area (Å²) in [6.45, 7) is 2.28. The van der Waals surface area contributed by atoms with Crippen molar-refractivity contribution in [3.63, 3.8) is 0 Å². The molecule has 0 atom stereocenters. The van der Waals surface area contributed by atoms with Crippen LogP contribution < -0.4 is 5.56 Å². The number of rotatable bonds is 2. The molecule has 0 spiro atoms. The van der Waals surface area contributed by atoms with Crippen LogP contribution in [-0.4, -0.2) is 4.57 Å². The summed E-state index contributed by atoms with van der Waals surface area (Å²) >= 11 is 7.89. The molecule has 0 N–H and O–H groups in total. The highest BCUT2D eigenvalue weighted by Crippen LogP contribution is 2.17. The third-order valence-electron chi connectivity index (χ3n) is 2.61. The van der Waals surface area contributed by atoms with Crippen LogP contribution in [0, 0.1) is 16.3 Å². The topological polar surface area (TPSA) is 22.0 Å². The van der Waals surface area contributed by atoms with E-state index in [4.69, 9.17) is 11.6 Å². The number of aryl methyl sites for hydroxylation is 1. The Bertz CT molecular complexity index is 654. The van der Waals surface area contributed by atoms with Crippen LogP contribution >= 0.6 is 34.2 Å². The third kappa shape index (κ3) is 2.92. The van der Waals surface area contributed by atoms with Crippen LogP contribution in [0.4, 0.5) is 4.39 Å². The summed E-state index contributed by atoms with van der Waals surface area (Å²) in [5.41, 5.74) is 1.67. The van der Waals surface area contributed by atoms with Gasteiger partial charge in [0.2, 0.25) is 0 Å². The monoisotopic (exact) mass is 377 g/mol. The van der Waals surface area contributed by atoms with E-state index in [2.05, 4.69) is 22.6 Å². The van der Waals surface area contributed by atoms with Gasteiger partial charge in [0.25, 0.3) is 5.56 Å². The second-order valence-electron chi connectivity index (χ2n) is 4.02. The van der Waals surface area contributed by atoms with Crippen LogP contribution in [0.2, 0.25) is 5.02 Å². The van der Waals surface area contributed by atoms with Gasteiger partial charge < -0.3 is 4.57 Å². The summed E-state index contributed by atoms with van der Waals surface area (Å²) in [5.74, 6) is -0.453. The second-order valence-corrected chi connectivity index (χ2v) is 5.59. The van der Waals surface area contributed by atoms with Crippen molar-refractivity contribution in [2.24, 2.45) is 0 Å². The molecule has 0 aliphatic heterocycles. The summed E-state index contributed by atoms with van der Waals surface area (Å²) in [4.78, 5) is 11.8. The van der Waals surface area contributed by atoms with E-state index in [0.29, 0.717) is 6.54 Å². The smallest absolute Gasteiger partial charge is 0.251 e. The molecule has 0 radical (unpaired) electrons. The molecule has 0 bridgehead atoms. The molecule has 18 heavy (non-hydrogen) atoms. The molecule has 2 aromatic rings. The Morgan fingerprint density at radius 1 is 1.39 bits per heavy atom. The number of hydrogen-bond acceptors (Lipinski definition) is 1. The maximum Gasteiger partial charge on any atom is 0.251 e. The van der Waals surface area contributed by atoms with Gasteiger partial charge in [0.05, 0.1) is 11.6 Å². The molecule has 2 rings (SSSR count). The highest BCUT2D eigenvalue weighted by molar-refractivity contribution is 14.1. The lowest BCUT2D eigenvalue weighted by atomic mass is 10.2. The Labute approximate surface area is 123 Å². The molecule has 0 saturated carbocycles. The molecule has 0 saturated heterocycles. The molecular weight excluding hydrogens is 368 g/mol. The fourth-order valence-electron chi connectivity index (χ4n) is 1.60. The van der Waals surface area contributed by atoms with Crippen molar-refractivity contribution in [1.82, 2.24) is 4.57 Å². The first-order valence-electron chi connectivity index (χ1n) is 5.28. The number of nitrogens with zero attached hydrogens (tertiary/aromatic N) is 1. The Morgan fingerprint density at radius 3 is 2.78 bits per heavy atom. The number of aromatic nitrogens is 1. The largest absolute Gasteiger partial charge is 0.310 e. The van der Waals surface area contributed by atoms with E-state index in [1.165, 1.54) is 12.1 Å². The quantitative estimate of drug-likeness (QED) is 0.733. The summed E-state index contributed by atoms with van der Waals surface area (Å²) in [6.07, 6.45) is 1.79. The van der Waals surface area contributed by atoms with Gasteiger partial charge >= 0.3 is 0 Å². The molecule has 0 aliphatic rings. The minimum Gasteiger partial charge on any atom is -0.310 e. The van der Waals surface area contributed by atoms with Gasteiger partial charge in [-0.3, -0.25) is 4.79 Å². The van der Waals surface area contributed by atoms with Crippen molar-refractivity contribution in [3.05, 3.63) is 66.4 Å². The molecule has 0 fully saturated rings. The average molecular weight is 378 g/mol. The zero-order valence-electron chi connectivity index (χ0n) is 9.58. The van der Waals surface area contributed by atoms with E-state index in [-0.39, 0.29) is 10.6 Å². The molecular formula is C13H10ClFINO. The maximum absolute atomic E-state index is 13.0. The minimum absolute atomic E-state index is 0.0716. The van der Waals surface area contributed by atoms with E-state index >= 15 is 0 Å². The summed E-state index contributed by atoms with van der Waals surface area (Å²) < 4.78 is 15.6. The lowest BCUT2D eigenvalue weighted by Crippen LogP contribution is -2.20. The predicted octanol–water partition coefficient (Wildman–Crippen LogP) is 3.60. The molecule has 1 aromatic heterocycles. The zero-order valence-corrected chi connectivity index (χ0v) is 12.5. The van der Waals surface area contributed by atoms with Crippen molar-refractivity contribution in [1.29, 1.82) is 0 Å². The molecule has 1 aromatic carbocycles. The van der Waals surface area contributed by atoms with Crippen molar-refractivity contribution in [3.8, 4) is 0 Å². The fraction of sp³-hybridized carbons (Fsp3) is 0.154. The average Bonchev–Trinajstić information content (AvgIpc) is 2.31. The lowest BCUT2D eigenvalue weighted by molar-refractivity contribution is 0.626. The van der Waals surface area contributed by atoms with Crippen molar-refractivity contribution in [2.75, 3.05) is 0 Å². The standard InChI is InChI=1S/C13H10ClFINO/c1-8-4-13(18)17(7-12(8)16)6-9-2-3-11(15)10(14)5-9/h2-5,7H,6H2,1H3. The lowest BCUT2D eigenvalue weighted by Gasteiger charge is -2.08. The van der Waals surface area contributed by atoms with Crippen molar-refractivity contribution in [2.45, 2.75) is 13.5 Å². The van der Waals surface area contributed by atoms with E-state index in [1.807, 2.05) is 6.92 Å². The molecule has 0 amide bonds. The number of benzene rings is 1.